The Bertz CT molecular complexity index is 234. The minimum absolute atomic E-state index is 0.550. The molecule has 106 valence electrons. The molecular formula is C14H28N2O2. The van der Waals surface area contributed by atoms with Gasteiger partial charge in [-0.15, -0.1) is 0 Å². The van der Waals surface area contributed by atoms with Crippen molar-refractivity contribution in [2.24, 2.45) is 5.92 Å². The lowest BCUT2D eigenvalue weighted by Gasteiger charge is -2.27. The summed E-state index contributed by atoms with van der Waals surface area (Å²) >= 11 is 0. The third-order valence-corrected chi connectivity index (χ3v) is 3.97. The molecule has 4 heteroatoms. The third-order valence-electron chi connectivity index (χ3n) is 3.97. The molecule has 2 aliphatic rings. The van der Waals surface area contributed by atoms with Crippen LogP contribution in [0.3, 0.4) is 0 Å². The van der Waals surface area contributed by atoms with Gasteiger partial charge in [0.05, 0.1) is 19.8 Å². The van der Waals surface area contributed by atoms with Crippen LogP contribution in [0.25, 0.3) is 0 Å². The lowest BCUT2D eigenvalue weighted by atomic mass is 10.0. The summed E-state index contributed by atoms with van der Waals surface area (Å²) < 4.78 is 10.9. The van der Waals surface area contributed by atoms with E-state index in [1.165, 1.54) is 19.3 Å². The first-order valence-electron chi connectivity index (χ1n) is 7.39. The molecule has 0 aromatic rings. The summed E-state index contributed by atoms with van der Waals surface area (Å²) in [5.74, 6) is 0.647. The molecule has 0 radical (unpaired) electrons. The van der Waals surface area contributed by atoms with Gasteiger partial charge in [0.25, 0.3) is 0 Å². The fourth-order valence-corrected chi connectivity index (χ4v) is 2.71. The molecule has 1 N–H and O–H groups in total. The number of hydrogen-bond acceptors (Lipinski definition) is 4. The zero-order chi connectivity index (χ0) is 12.8. The molecule has 1 aliphatic heterocycles. The molecule has 0 bridgehead atoms. The smallest absolute Gasteiger partial charge is 0.0623 e. The van der Waals surface area contributed by atoms with E-state index in [-0.39, 0.29) is 0 Å². The van der Waals surface area contributed by atoms with Gasteiger partial charge in [0.15, 0.2) is 0 Å². The third kappa shape index (κ3) is 4.19. The van der Waals surface area contributed by atoms with E-state index in [0.29, 0.717) is 12.0 Å². The number of nitrogens with zero attached hydrogens (tertiary/aromatic N) is 1. The molecule has 1 saturated carbocycles. The van der Waals surface area contributed by atoms with Crippen molar-refractivity contribution < 1.29 is 9.47 Å². The maximum atomic E-state index is 5.65. The average molecular weight is 256 g/mol. The van der Waals surface area contributed by atoms with Crippen LogP contribution in [0.2, 0.25) is 0 Å². The summed E-state index contributed by atoms with van der Waals surface area (Å²) in [6.07, 6.45) is 3.92. The molecule has 2 fully saturated rings. The molecule has 0 aromatic heterocycles. The Morgan fingerprint density at radius 1 is 1.33 bits per heavy atom. The summed E-state index contributed by atoms with van der Waals surface area (Å²) in [6.45, 7) is 8.19. The predicted octanol–water partition coefficient (Wildman–Crippen LogP) is 1.11. The first-order valence-corrected chi connectivity index (χ1v) is 7.39. The predicted molar refractivity (Wildman–Crippen MR) is 72.9 cm³/mol. The number of nitrogens with one attached hydrogen (secondary N) is 1. The minimum Gasteiger partial charge on any atom is -0.383 e. The first kappa shape index (κ1) is 14.3. The van der Waals surface area contributed by atoms with Gasteiger partial charge in [0.1, 0.15) is 0 Å². The highest BCUT2D eigenvalue weighted by molar-refractivity contribution is 4.89. The summed E-state index contributed by atoms with van der Waals surface area (Å²) in [6, 6.07) is 1.36. The summed E-state index contributed by atoms with van der Waals surface area (Å²) in [5, 5.41) is 3.62. The van der Waals surface area contributed by atoms with Crippen molar-refractivity contribution in [2.75, 3.05) is 46.6 Å². The van der Waals surface area contributed by atoms with Gasteiger partial charge in [-0.3, -0.25) is 4.90 Å². The molecule has 4 nitrogen and oxygen atoms in total. The van der Waals surface area contributed by atoms with Crippen molar-refractivity contribution in [2.45, 2.75) is 38.3 Å². The SMILES string of the molecule is CCCNC1COCC1CN(CCOC)C1CC1. The summed E-state index contributed by atoms with van der Waals surface area (Å²) in [7, 11) is 1.79. The Balaban J connectivity index is 1.77. The van der Waals surface area contributed by atoms with Crippen LogP contribution in [0, 0.1) is 5.92 Å². The van der Waals surface area contributed by atoms with E-state index in [4.69, 9.17) is 9.47 Å². The Morgan fingerprint density at radius 2 is 2.17 bits per heavy atom. The van der Waals surface area contributed by atoms with Crippen molar-refractivity contribution in [3.8, 4) is 0 Å². The van der Waals surface area contributed by atoms with Crippen LogP contribution in [-0.4, -0.2) is 63.5 Å². The monoisotopic (exact) mass is 256 g/mol. The van der Waals surface area contributed by atoms with Crippen LogP contribution in [0.5, 0.6) is 0 Å². The van der Waals surface area contributed by atoms with Crippen LogP contribution in [0.4, 0.5) is 0 Å². The molecule has 2 unspecified atom stereocenters. The van der Waals surface area contributed by atoms with Crippen LogP contribution >= 0.6 is 0 Å². The largest absolute Gasteiger partial charge is 0.383 e. The number of ether oxygens (including phenoxy) is 2. The highest BCUT2D eigenvalue weighted by Crippen LogP contribution is 2.28. The van der Waals surface area contributed by atoms with Gasteiger partial charge in [-0.25, -0.2) is 0 Å². The lowest BCUT2D eigenvalue weighted by molar-refractivity contribution is 0.122. The topological polar surface area (TPSA) is 33.7 Å². The van der Waals surface area contributed by atoms with Gasteiger partial charge in [0.2, 0.25) is 0 Å². The summed E-state index contributed by atoms with van der Waals surface area (Å²) in [5.41, 5.74) is 0. The molecule has 0 spiro atoms. The molecule has 0 aromatic carbocycles. The highest BCUT2D eigenvalue weighted by atomic mass is 16.5. The van der Waals surface area contributed by atoms with Crippen molar-refractivity contribution in [1.82, 2.24) is 10.2 Å². The lowest BCUT2D eigenvalue weighted by Crippen LogP contribution is -2.43. The van der Waals surface area contributed by atoms with E-state index in [2.05, 4.69) is 17.1 Å². The Hall–Kier alpha value is -0.160. The fourth-order valence-electron chi connectivity index (χ4n) is 2.71. The molecule has 0 amide bonds. The molecule has 18 heavy (non-hydrogen) atoms. The number of methoxy groups -OCH3 is 1. The van der Waals surface area contributed by atoms with Gasteiger partial charge < -0.3 is 14.8 Å². The normalized spacial score (nSPS) is 28.2. The molecule has 2 rings (SSSR count). The Morgan fingerprint density at radius 3 is 2.83 bits per heavy atom. The zero-order valence-electron chi connectivity index (χ0n) is 11.9. The highest BCUT2D eigenvalue weighted by Gasteiger charge is 2.34. The van der Waals surface area contributed by atoms with E-state index in [9.17, 15) is 0 Å². The van der Waals surface area contributed by atoms with Gasteiger partial charge in [-0.05, 0) is 25.8 Å². The minimum atomic E-state index is 0.550. The van der Waals surface area contributed by atoms with Gasteiger partial charge in [-0.2, -0.15) is 0 Å². The fraction of sp³-hybridized carbons (Fsp3) is 1.00. The van der Waals surface area contributed by atoms with E-state index >= 15 is 0 Å². The van der Waals surface area contributed by atoms with Crippen molar-refractivity contribution >= 4 is 0 Å². The van der Waals surface area contributed by atoms with Crippen molar-refractivity contribution in [3.05, 3.63) is 0 Å². The van der Waals surface area contributed by atoms with Crippen LogP contribution in [-0.2, 0) is 9.47 Å². The van der Waals surface area contributed by atoms with Crippen LogP contribution in [0.1, 0.15) is 26.2 Å². The average Bonchev–Trinajstić information content (AvgIpc) is 3.13. The first-order chi connectivity index (χ1) is 8.85. The van der Waals surface area contributed by atoms with E-state index in [1.54, 1.807) is 7.11 Å². The Kier molecular flexibility index (Phi) is 5.89. The molecule has 1 heterocycles. The van der Waals surface area contributed by atoms with Crippen molar-refractivity contribution in [3.63, 3.8) is 0 Å². The Labute approximate surface area is 111 Å². The standard InChI is InChI=1S/C14H28N2O2/c1-3-6-15-14-11-18-10-12(14)9-16(7-8-17-2)13-4-5-13/h12-15H,3-11H2,1-2H3. The second kappa shape index (κ2) is 7.43. The van der Waals surface area contributed by atoms with E-state index in [1.807, 2.05) is 0 Å². The molecule has 1 saturated heterocycles. The maximum Gasteiger partial charge on any atom is 0.0623 e. The van der Waals surface area contributed by atoms with Crippen LogP contribution in [0.15, 0.2) is 0 Å². The maximum absolute atomic E-state index is 5.65. The van der Waals surface area contributed by atoms with Crippen molar-refractivity contribution in [1.29, 1.82) is 0 Å². The van der Waals surface area contributed by atoms with E-state index in [0.717, 1.165) is 45.5 Å². The second-order valence-corrected chi connectivity index (χ2v) is 5.58. The molecule has 1 aliphatic carbocycles. The zero-order valence-corrected chi connectivity index (χ0v) is 11.9. The molecular weight excluding hydrogens is 228 g/mol. The second-order valence-electron chi connectivity index (χ2n) is 5.58. The number of hydrogen-bond donors (Lipinski definition) is 1. The van der Waals surface area contributed by atoms with Crippen LogP contribution < -0.4 is 5.32 Å². The van der Waals surface area contributed by atoms with Gasteiger partial charge in [0, 0.05) is 38.2 Å². The van der Waals surface area contributed by atoms with Gasteiger partial charge in [-0.1, -0.05) is 6.92 Å². The summed E-state index contributed by atoms with van der Waals surface area (Å²) in [4.78, 5) is 2.60. The quantitative estimate of drug-likeness (QED) is 0.670. The van der Waals surface area contributed by atoms with Gasteiger partial charge >= 0.3 is 0 Å². The molecule has 2 atom stereocenters. The van der Waals surface area contributed by atoms with E-state index < -0.39 is 0 Å². The number of rotatable bonds is 9.